The fraction of sp³-hybridized carbons (Fsp3) is 0.700. The van der Waals surface area contributed by atoms with Crippen LogP contribution in [0.4, 0.5) is 5.82 Å². The molecule has 6 nitrogen and oxygen atoms in total. The highest BCUT2D eigenvalue weighted by Crippen LogP contribution is 2.42. The smallest absolute Gasteiger partial charge is 0.190 e. The summed E-state index contributed by atoms with van der Waals surface area (Å²) in [5, 5.41) is 10.1. The Morgan fingerprint density at radius 1 is 1.29 bits per heavy atom. The van der Waals surface area contributed by atoms with Gasteiger partial charge in [0.1, 0.15) is 6.54 Å². The number of ether oxygens (including phenoxy) is 1. The van der Waals surface area contributed by atoms with Gasteiger partial charge in [-0.25, -0.2) is 9.97 Å². The van der Waals surface area contributed by atoms with Crippen LogP contribution in [-0.4, -0.2) is 65.8 Å². The molecule has 4 rings (SSSR count). The van der Waals surface area contributed by atoms with Gasteiger partial charge in [-0.3, -0.25) is 0 Å². The van der Waals surface area contributed by atoms with E-state index in [1.807, 2.05) is 11.3 Å². The Labute approximate surface area is 175 Å². The summed E-state index contributed by atoms with van der Waals surface area (Å²) in [5.74, 6) is 2.14. The molecule has 0 amide bonds. The van der Waals surface area contributed by atoms with Crippen LogP contribution in [0.2, 0.25) is 0 Å². The molecule has 154 valence electrons. The van der Waals surface area contributed by atoms with Crippen molar-refractivity contribution in [3.05, 3.63) is 10.4 Å². The van der Waals surface area contributed by atoms with Crippen LogP contribution < -0.4 is 9.80 Å². The summed E-state index contributed by atoms with van der Waals surface area (Å²) in [7, 11) is 0. The minimum absolute atomic E-state index is 0.111. The Bertz CT molecular complexity index is 831. The van der Waals surface area contributed by atoms with E-state index in [4.69, 9.17) is 14.7 Å². The summed E-state index contributed by atoms with van der Waals surface area (Å²) < 4.78 is 7.32. The molecule has 0 spiro atoms. The Morgan fingerprint density at radius 2 is 2.07 bits per heavy atom. The molecule has 0 bridgehead atoms. The van der Waals surface area contributed by atoms with Gasteiger partial charge in [-0.1, -0.05) is 18.7 Å². The molecule has 1 fully saturated rings. The minimum atomic E-state index is -0.111. The fourth-order valence-electron chi connectivity index (χ4n) is 3.95. The van der Waals surface area contributed by atoms with Crippen molar-refractivity contribution in [2.75, 3.05) is 50.0 Å². The van der Waals surface area contributed by atoms with Crippen molar-refractivity contribution < 1.29 is 14.7 Å². The molecule has 0 unspecified atom stereocenters. The largest absolute Gasteiger partial charge is 0.391 e. The van der Waals surface area contributed by atoms with E-state index in [2.05, 4.69) is 25.7 Å². The molecule has 2 N–H and O–H groups in total. The number of hydrogen-bond donors (Lipinski definition) is 2. The van der Waals surface area contributed by atoms with Gasteiger partial charge in [-0.05, 0) is 20.3 Å². The average Bonchev–Trinajstić information content (AvgIpc) is 3.02. The number of hydrogen-bond acceptors (Lipinski definition) is 7. The molecular formula is C20H31N4O2S2+. The molecule has 2 aliphatic heterocycles. The Balaban J connectivity index is 1.71. The summed E-state index contributed by atoms with van der Waals surface area (Å²) in [5.41, 5.74) is 2.26. The number of aliphatic hydroxyl groups excluding tert-OH is 1. The van der Waals surface area contributed by atoms with E-state index in [0.717, 1.165) is 67.8 Å². The maximum Gasteiger partial charge on any atom is 0.190 e. The number of anilines is 1. The van der Waals surface area contributed by atoms with Crippen LogP contribution in [0.25, 0.3) is 10.2 Å². The molecular weight excluding hydrogens is 392 g/mol. The predicted octanol–water partition coefficient (Wildman–Crippen LogP) is 1.74. The fourth-order valence-corrected chi connectivity index (χ4v) is 6.12. The molecule has 2 aromatic rings. The zero-order valence-corrected chi connectivity index (χ0v) is 18.7. The van der Waals surface area contributed by atoms with E-state index in [-0.39, 0.29) is 12.2 Å². The van der Waals surface area contributed by atoms with E-state index in [1.54, 1.807) is 11.8 Å². The van der Waals surface area contributed by atoms with E-state index in [9.17, 15) is 5.11 Å². The SMILES string of the molecule is CCCSc1nc(N2CC[NH+](CCO)CC2)c2sc3c(c2n1)COC(C)(C)C3. The van der Waals surface area contributed by atoms with Crippen LogP contribution in [0.3, 0.4) is 0 Å². The first-order valence-corrected chi connectivity index (χ1v) is 12.1. The molecule has 1 saturated heterocycles. The monoisotopic (exact) mass is 423 g/mol. The number of thiophene rings is 1. The first-order valence-electron chi connectivity index (χ1n) is 10.3. The normalized spacial score (nSPS) is 19.9. The standard InChI is InChI=1S/C20H30N4O2S2/c1-4-11-27-19-21-16-14-13-26-20(2,3)12-15(14)28-17(16)18(22-19)24-7-5-23(6-8-24)9-10-25/h25H,4-13H2,1-3H3/p+1. The third-order valence-corrected chi connectivity index (χ3v) is 7.81. The van der Waals surface area contributed by atoms with E-state index >= 15 is 0 Å². The van der Waals surface area contributed by atoms with Crippen molar-refractivity contribution in [3.63, 3.8) is 0 Å². The Hall–Kier alpha value is -0.930. The van der Waals surface area contributed by atoms with Gasteiger partial charge in [0, 0.05) is 22.6 Å². The summed E-state index contributed by atoms with van der Waals surface area (Å²) in [6.07, 6.45) is 2.05. The van der Waals surface area contributed by atoms with Crippen molar-refractivity contribution in [1.29, 1.82) is 0 Å². The lowest BCUT2D eigenvalue weighted by Gasteiger charge is -2.32. The van der Waals surface area contributed by atoms with E-state index in [1.165, 1.54) is 20.0 Å². The first-order chi connectivity index (χ1) is 13.5. The molecule has 0 radical (unpaired) electrons. The van der Waals surface area contributed by atoms with Crippen LogP contribution in [0.5, 0.6) is 0 Å². The van der Waals surface area contributed by atoms with Gasteiger partial charge in [0.05, 0.1) is 55.2 Å². The lowest BCUT2D eigenvalue weighted by molar-refractivity contribution is -0.900. The van der Waals surface area contributed by atoms with E-state index < -0.39 is 0 Å². The second-order valence-corrected chi connectivity index (χ2v) is 10.5. The van der Waals surface area contributed by atoms with Gasteiger partial charge in [-0.15, -0.1) is 11.3 Å². The van der Waals surface area contributed by atoms with Gasteiger partial charge in [0.25, 0.3) is 0 Å². The van der Waals surface area contributed by atoms with Crippen LogP contribution >= 0.6 is 23.1 Å². The Morgan fingerprint density at radius 3 is 2.79 bits per heavy atom. The van der Waals surface area contributed by atoms with Crippen LogP contribution in [0.15, 0.2) is 5.16 Å². The number of rotatable bonds is 6. The molecule has 4 heterocycles. The molecule has 8 heteroatoms. The number of quaternary nitrogens is 1. The lowest BCUT2D eigenvalue weighted by atomic mass is 9.98. The molecule has 2 aromatic heterocycles. The minimum Gasteiger partial charge on any atom is -0.391 e. The number of nitrogens with one attached hydrogen (secondary N) is 1. The average molecular weight is 424 g/mol. The van der Waals surface area contributed by atoms with Crippen molar-refractivity contribution in [3.8, 4) is 0 Å². The van der Waals surface area contributed by atoms with Gasteiger partial charge < -0.3 is 19.6 Å². The third-order valence-electron chi connectivity index (χ3n) is 5.54. The molecule has 0 aromatic carbocycles. The molecule has 0 saturated carbocycles. The van der Waals surface area contributed by atoms with Crippen LogP contribution in [0.1, 0.15) is 37.6 Å². The molecule has 0 atom stereocenters. The van der Waals surface area contributed by atoms with Crippen molar-refractivity contribution in [2.24, 2.45) is 0 Å². The van der Waals surface area contributed by atoms with Crippen LogP contribution in [0, 0.1) is 0 Å². The van der Waals surface area contributed by atoms with Crippen molar-refractivity contribution in [1.82, 2.24) is 9.97 Å². The molecule has 28 heavy (non-hydrogen) atoms. The second-order valence-electron chi connectivity index (χ2n) is 8.30. The second kappa shape index (κ2) is 8.44. The summed E-state index contributed by atoms with van der Waals surface area (Å²) in [6, 6.07) is 0. The maximum atomic E-state index is 9.23. The number of nitrogens with zero attached hydrogens (tertiary/aromatic N) is 3. The Kier molecular flexibility index (Phi) is 6.13. The maximum absolute atomic E-state index is 9.23. The number of thioether (sulfide) groups is 1. The lowest BCUT2D eigenvalue weighted by Crippen LogP contribution is -3.15. The number of piperazine rings is 1. The molecule has 2 aliphatic rings. The zero-order valence-electron chi connectivity index (χ0n) is 17.1. The molecule has 0 aliphatic carbocycles. The van der Waals surface area contributed by atoms with Crippen LogP contribution in [-0.2, 0) is 17.8 Å². The predicted molar refractivity (Wildman–Crippen MR) is 116 cm³/mol. The topological polar surface area (TPSA) is 62.9 Å². The zero-order chi connectivity index (χ0) is 19.7. The first kappa shape index (κ1) is 20.3. The van der Waals surface area contributed by atoms with Gasteiger partial charge in [-0.2, -0.15) is 0 Å². The van der Waals surface area contributed by atoms with Gasteiger partial charge in [0.15, 0.2) is 11.0 Å². The number of aliphatic hydroxyl groups is 1. The highest BCUT2D eigenvalue weighted by atomic mass is 32.2. The summed E-state index contributed by atoms with van der Waals surface area (Å²) in [4.78, 5) is 15.3. The highest BCUT2D eigenvalue weighted by Gasteiger charge is 2.32. The van der Waals surface area contributed by atoms with Gasteiger partial charge >= 0.3 is 0 Å². The van der Waals surface area contributed by atoms with Gasteiger partial charge in [0.2, 0.25) is 0 Å². The summed E-state index contributed by atoms with van der Waals surface area (Å²) >= 11 is 3.62. The summed E-state index contributed by atoms with van der Waals surface area (Å²) in [6.45, 7) is 12.3. The van der Waals surface area contributed by atoms with Crippen molar-refractivity contribution >= 4 is 39.1 Å². The highest BCUT2D eigenvalue weighted by molar-refractivity contribution is 7.99. The number of fused-ring (bicyclic) bond motifs is 3. The number of aromatic nitrogens is 2. The van der Waals surface area contributed by atoms with E-state index in [0.29, 0.717) is 6.61 Å². The quantitative estimate of drug-likeness (QED) is 0.545. The van der Waals surface area contributed by atoms with Crippen molar-refractivity contribution in [2.45, 2.75) is 51.0 Å². The third kappa shape index (κ3) is 4.16.